The van der Waals surface area contributed by atoms with Crippen LogP contribution in [0.5, 0.6) is 0 Å². The molecule has 0 bridgehead atoms. The van der Waals surface area contributed by atoms with E-state index in [-0.39, 0.29) is 11.7 Å². The van der Waals surface area contributed by atoms with E-state index in [4.69, 9.17) is 10.9 Å². The number of nitrogens with two attached hydrogens (primary N) is 1. The predicted molar refractivity (Wildman–Crippen MR) is 66.7 cm³/mol. The second-order valence-electron chi connectivity index (χ2n) is 5.65. The van der Waals surface area contributed by atoms with Crippen LogP contribution in [0.15, 0.2) is 5.16 Å². The highest BCUT2D eigenvalue weighted by atomic mass is 16.4. The standard InChI is InChI=1S/C12H23N3O2/c1-8(2)9-5-6-15(7-9)11(16)12(3,4)10(13)14-17/h8-9,17H,5-7H2,1-4H3,(H2,13,14). The monoisotopic (exact) mass is 241 g/mol. The first kappa shape index (κ1) is 13.8. The summed E-state index contributed by atoms with van der Waals surface area (Å²) in [5, 5.41) is 11.6. The van der Waals surface area contributed by atoms with Crippen LogP contribution in [-0.2, 0) is 4.79 Å². The molecule has 98 valence electrons. The Labute approximate surface area is 103 Å². The van der Waals surface area contributed by atoms with Crippen LogP contribution in [0.4, 0.5) is 0 Å². The van der Waals surface area contributed by atoms with Crippen molar-refractivity contribution in [3.63, 3.8) is 0 Å². The third-order valence-electron chi connectivity index (χ3n) is 3.74. The van der Waals surface area contributed by atoms with Gasteiger partial charge in [-0.2, -0.15) is 0 Å². The first-order chi connectivity index (χ1) is 7.80. The predicted octanol–water partition coefficient (Wildman–Crippen LogP) is 1.26. The largest absolute Gasteiger partial charge is 0.409 e. The topological polar surface area (TPSA) is 78.9 Å². The lowest BCUT2D eigenvalue weighted by Crippen LogP contribution is -2.47. The van der Waals surface area contributed by atoms with Crippen LogP contribution in [0.2, 0.25) is 0 Å². The van der Waals surface area contributed by atoms with E-state index in [9.17, 15) is 4.79 Å². The van der Waals surface area contributed by atoms with Gasteiger partial charge in [-0.3, -0.25) is 4.79 Å². The maximum atomic E-state index is 12.3. The summed E-state index contributed by atoms with van der Waals surface area (Å²) < 4.78 is 0. The Hall–Kier alpha value is -1.26. The number of oxime groups is 1. The van der Waals surface area contributed by atoms with Crippen molar-refractivity contribution in [2.24, 2.45) is 28.1 Å². The van der Waals surface area contributed by atoms with Crippen molar-refractivity contribution in [1.29, 1.82) is 0 Å². The zero-order chi connectivity index (χ0) is 13.2. The first-order valence-electron chi connectivity index (χ1n) is 6.08. The Morgan fingerprint density at radius 1 is 1.53 bits per heavy atom. The van der Waals surface area contributed by atoms with Crippen LogP contribution < -0.4 is 5.73 Å². The fourth-order valence-corrected chi connectivity index (χ4v) is 2.15. The summed E-state index contributed by atoms with van der Waals surface area (Å²) in [5.74, 6) is 1.05. The van der Waals surface area contributed by atoms with Gasteiger partial charge in [0.05, 0.1) is 0 Å². The SMILES string of the molecule is CC(C)C1CCN(C(=O)C(C)(C)C(N)=NO)C1. The maximum Gasteiger partial charge on any atom is 0.235 e. The number of amidine groups is 1. The molecule has 1 fully saturated rings. The fourth-order valence-electron chi connectivity index (χ4n) is 2.15. The minimum atomic E-state index is -0.930. The molecule has 1 atom stereocenters. The Morgan fingerprint density at radius 2 is 2.12 bits per heavy atom. The van der Waals surface area contributed by atoms with Crippen molar-refractivity contribution >= 4 is 11.7 Å². The maximum absolute atomic E-state index is 12.3. The van der Waals surface area contributed by atoms with Gasteiger partial charge in [-0.25, -0.2) is 0 Å². The van der Waals surface area contributed by atoms with Crippen LogP contribution in [0.1, 0.15) is 34.1 Å². The summed E-state index contributed by atoms with van der Waals surface area (Å²) in [4.78, 5) is 14.1. The number of nitrogens with zero attached hydrogens (tertiary/aromatic N) is 2. The van der Waals surface area contributed by atoms with E-state index in [1.165, 1.54) is 0 Å². The van der Waals surface area contributed by atoms with E-state index in [1.807, 2.05) is 4.90 Å². The molecule has 0 aliphatic carbocycles. The summed E-state index contributed by atoms with van der Waals surface area (Å²) in [5.41, 5.74) is 4.64. The summed E-state index contributed by atoms with van der Waals surface area (Å²) in [6, 6.07) is 0. The minimum Gasteiger partial charge on any atom is -0.409 e. The van der Waals surface area contributed by atoms with E-state index >= 15 is 0 Å². The van der Waals surface area contributed by atoms with Crippen LogP contribution >= 0.6 is 0 Å². The summed E-state index contributed by atoms with van der Waals surface area (Å²) in [6.07, 6.45) is 1.04. The molecule has 1 heterocycles. The van der Waals surface area contributed by atoms with Gasteiger partial charge < -0.3 is 15.8 Å². The Morgan fingerprint density at radius 3 is 2.53 bits per heavy atom. The van der Waals surface area contributed by atoms with Crippen LogP contribution in [0.25, 0.3) is 0 Å². The number of carbonyl (C=O) groups excluding carboxylic acids is 1. The van der Waals surface area contributed by atoms with Crippen molar-refractivity contribution in [2.75, 3.05) is 13.1 Å². The van der Waals surface area contributed by atoms with Gasteiger partial charge in [-0.05, 0) is 32.1 Å². The molecule has 1 aliphatic heterocycles. The Kier molecular flexibility index (Phi) is 4.01. The molecule has 5 heteroatoms. The second kappa shape index (κ2) is 4.94. The van der Waals surface area contributed by atoms with E-state index in [1.54, 1.807) is 13.8 Å². The molecular formula is C12H23N3O2. The normalized spacial score (nSPS) is 22.3. The van der Waals surface area contributed by atoms with Crippen LogP contribution in [-0.4, -0.2) is 34.9 Å². The molecule has 1 saturated heterocycles. The third kappa shape index (κ3) is 2.70. The van der Waals surface area contributed by atoms with E-state index in [0.717, 1.165) is 19.5 Å². The van der Waals surface area contributed by atoms with Crippen LogP contribution in [0.3, 0.4) is 0 Å². The summed E-state index contributed by atoms with van der Waals surface area (Å²) in [6.45, 7) is 9.27. The highest BCUT2D eigenvalue weighted by molar-refractivity contribution is 6.05. The van der Waals surface area contributed by atoms with Crippen molar-refractivity contribution in [2.45, 2.75) is 34.1 Å². The minimum absolute atomic E-state index is 0.0319. The van der Waals surface area contributed by atoms with Gasteiger partial charge >= 0.3 is 0 Å². The molecule has 0 aromatic heterocycles. The van der Waals surface area contributed by atoms with Crippen molar-refractivity contribution in [3.8, 4) is 0 Å². The van der Waals surface area contributed by atoms with Gasteiger partial charge in [0.1, 0.15) is 5.41 Å². The molecule has 0 aromatic carbocycles. The number of rotatable bonds is 3. The fraction of sp³-hybridized carbons (Fsp3) is 0.833. The number of hydrogen-bond donors (Lipinski definition) is 2. The van der Waals surface area contributed by atoms with Crippen molar-refractivity contribution < 1.29 is 10.0 Å². The Bertz CT molecular complexity index is 324. The molecule has 0 aromatic rings. The molecule has 5 nitrogen and oxygen atoms in total. The van der Waals surface area contributed by atoms with Gasteiger partial charge in [-0.1, -0.05) is 19.0 Å². The highest BCUT2D eigenvalue weighted by Gasteiger charge is 2.39. The number of likely N-dealkylation sites (tertiary alicyclic amines) is 1. The second-order valence-corrected chi connectivity index (χ2v) is 5.65. The van der Waals surface area contributed by atoms with Gasteiger partial charge in [-0.15, -0.1) is 0 Å². The molecule has 0 radical (unpaired) electrons. The lowest BCUT2D eigenvalue weighted by Gasteiger charge is -2.28. The molecular weight excluding hydrogens is 218 g/mol. The van der Waals surface area contributed by atoms with E-state index in [2.05, 4.69) is 19.0 Å². The number of hydrogen-bond acceptors (Lipinski definition) is 3. The molecule has 0 saturated carbocycles. The van der Waals surface area contributed by atoms with Gasteiger partial charge in [0, 0.05) is 13.1 Å². The molecule has 3 N–H and O–H groups in total. The molecule has 17 heavy (non-hydrogen) atoms. The summed E-state index contributed by atoms with van der Waals surface area (Å²) >= 11 is 0. The summed E-state index contributed by atoms with van der Waals surface area (Å²) in [7, 11) is 0. The van der Waals surface area contributed by atoms with Gasteiger partial charge in [0.15, 0.2) is 5.84 Å². The molecule has 1 amide bonds. The zero-order valence-corrected chi connectivity index (χ0v) is 11.1. The molecule has 0 spiro atoms. The lowest BCUT2D eigenvalue weighted by molar-refractivity contribution is -0.136. The van der Waals surface area contributed by atoms with Gasteiger partial charge in [0.2, 0.25) is 5.91 Å². The molecule has 1 unspecified atom stereocenters. The average molecular weight is 241 g/mol. The van der Waals surface area contributed by atoms with E-state index in [0.29, 0.717) is 11.8 Å². The first-order valence-corrected chi connectivity index (χ1v) is 6.08. The van der Waals surface area contributed by atoms with Crippen LogP contribution in [0, 0.1) is 17.3 Å². The smallest absolute Gasteiger partial charge is 0.235 e. The van der Waals surface area contributed by atoms with E-state index < -0.39 is 5.41 Å². The molecule has 1 aliphatic rings. The number of carbonyl (C=O) groups is 1. The average Bonchev–Trinajstić information content (AvgIpc) is 2.75. The zero-order valence-electron chi connectivity index (χ0n) is 11.1. The van der Waals surface area contributed by atoms with Crippen molar-refractivity contribution in [1.82, 2.24) is 4.90 Å². The third-order valence-corrected chi connectivity index (χ3v) is 3.74. The lowest BCUT2D eigenvalue weighted by atomic mass is 9.90. The number of amides is 1. The van der Waals surface area contributed by atoms with Gasteiger partial charge in [0.25, 0.3) is 0 Å². The van der Waals surface area contributed by atoms with Crippen molar-refractivity contribution in [3.05, 3.63) is 0 Å². The Balaban J connectivity index is 2.73. The quantitative estimate of drug-likeness (QED) is 0.338. The highest BCUT2D eigenvalue weighted by Crippen LogP contribution is 2.28. The molecule has 1 rings (SSSR count).